The number of ether oxygens (including phenoxy) is 1. The molecular weight excluding hydrogens is 250 g/mol. The third-order valence-electron chi connectivity index (χ3n) is 3.14. The summed E-state index contributed by atoms with van der Waals surface area (Å²) in [6.07, 6.45) is 3.33. The van der Waals surface area contributed by atoms with Gasteiger partial charge in [-0.3, -0.25) is 10.1 Å². The summed E-state index contributed by atoms with van der Waals surface area (Å²) in [5, 5.41) is 11.1. The zero-order valence-electron chi connectivity index (χ0n) is 10.8. The number of aromatic nitrogens is 2. The number of anilines is 2. The van der Waals surface area contributed by atoms with Crippen LogP contribution in [0.2, 0.25) is 0 Å². The SMILES string of the molecule is CCN(CC1CCCO1)c1ncnc(N)c1[N+](=O)[O-]. The maximum atomic E-state index is 11.1. The topological polar surface area (TPSA) is 107 Å². The largest absolute Gasteiger partial charge is 0.378 e. The van der Waals surface area contributed by atoms with E-state index in [1.807, 2.05) is 11.8 Å². The molecule has 8 nitrogen and oxygen atoms in total. The van der Waals surface area contributed by atoms with Crippen molar-refractivity contribution in [1.29, 1.82) is 0 Å². The van der Waals surface area contributed by atoms with E-state index in [-0.39, 0.29) is 23.4 Å². The first-order valence-electron chi connectivity index (χ1n) is 6.25. The maximum Gasteiger partial charge on any atom is 0.353 e. The second-order valence-electron chi connectivity index (χ2n) is 4.36. The van der Waals surface area contributed by atoms with E-state index < -0.39 is 4.92 Å². The average molecular weight is 267 g/mol. The Morgan fingerprint density at radius 3 is 3.00 bits per heavy atom. The van der Waals surface area contributed by atoms with Gasteiger partial charge in [0.25, 0.3) is 0 Å². The smallest absolute Gasteiger partial charge is 0.353 e. The first-order chi connectivity index (χ1) is 9.13. The van der Waals surface area contributed by atoms with Crippen molar-refractivity contribution in [3.63, 3.8) is 0 Å². The molecule has 19 heavy (non-hydrogen) atoms. The van der Waals surface area contributed by atoms with Gasteiger partial charge in [-0.1, -0.05) is 0 Å². The van der Waals surface area contributed by atoms with E-state index in [0.29, 0.717) is 13.1 Å². The highest BCUT2D eigenvalue weighted by Crippen LogP contribution is 2.30. The minimum atomic E-state index is -0.539. The predicted octanol–water partition coefficient (Wildman–Crippen LogP) is 0.972. The van der Waals surface area contributed by atoms with Gasteiger partial charge in [-0.25, -0.2) is 9.97 Å². The molecule has 1 unspecified atom stereocenters. The van der Waals surface area contributed by atoms with Crippen LogP contribution in [0.5, 0.6) is 0 Å². The molecule has 0 aliphatic carbocycles. The highest BCUT2D eigenvalue weighted by Gasteiger charge is 2.27. The summed E-state index contributed by atoms with van der Waals surface area (Å²) in [4.78, 5) is 20.0. The lowest BCUT2D eigenvalue weighted by Gasteiger charge is -2.24. The average Bonchev–Trinajstić information content (AvgIpc) is 2.88. The van der Waals surface area contributed by atoms with E-state index in [0.717, 1.165) is 19.4 Å². The number of nitrogens with zero attached hydrogens (tertiary/aromatic N) is 4. The van der Waals surface area contributed by atoms with Gasteiger partial charge < -0.3 is 15.4 Å². The molecular formula is C11H17N5O3. The van der Waals surface area contributed by atoms with Crippen LogP contribution in [0.1, 0.15) is 19.8 Å². The molecule has 8 heteroatoms. The van der Waals surface area contributed by atoms with Gasteiger partial charge in [0.2, 0.25) is 11.6 Å². The lowest BCUT2D eigenvalue weighted by atomic mass is 10.2. The van der Waals surface area contributed by atoms with E-state index in [4.69, 9.17) is 10.5 Å². The molecule has 0 saturated carbocycles. The first kappa shape index (κ1) is 13.5. The number of nitrogens with two attached hydrogens (primary N) is 1. The molecule has 1 fully saturated rings. The second-order valence-corrected chi connectivity index (χ2v) is 4.36. The van der Waals surface area contributed by atoms with Crippen LogP contribution < -0.4 is 10.6 Å². The zero-order valence-corrected chi connectivity index (χ0v) is 10.8. The van der Waals surface area contributed by atoms with Crippen molar-refractivity contribution in [3.8, 4) is 0 Å². The molecule has 1 aromatic heterocycles. The molecule has 1 atom stereocenters. The van der Waals surface area contributed by atoms with E-state index in [1.54, 1.807) is 0 Å². The van der Waals surface area contributed by atoms with E-state index in [1.165, 1.54) is 6.33 Å². The monoisotopic (exact) mass is 267 g/mol. The van der Waals surface area contributed by atoms with Gasteiger partial charge in [-0.05, 0) is 19.8 Å². The minimum absolute atomic E-state index is 0.0933. The molecule has 0 amide bonds. The van der Waals surface area contributed by atoms with Gasteiger partial charge in [0.05, 0.1) is 11.0 Å². The molecule has 2 heterocycles. The van der Waals surface area contributed by atoms with E-state index in [2.05, 4.69) is 9.97 Å². The maximum absolute atomic E-state index is 11.1. The number of rotatable bonds is 5. The van der Waals surface area contributed by atoms with Crippen molar-refractivity contribution in [2.75, 3.05) is 30.3 Å². The van der Waals surface area contributed by atoms with Gasteiger partial charge in [0.1, 0.15) is 6.33 Å². The quantitative estimate of drug-likeness (QED) is 0.625. The van der Waals surface area contributed by atoms with Gasteiger partial charge in [-0.2, -0.15) is 0 Å². The minimum Gasteiger partial charge on any atom is -0.378 e. The van der Waals surface area contributed by atoms with Gasteiger partial charge in [-0.15, -0.1) is 0 Å². The Bertz CT molecular complexity index is 462. The highest BCUT2D eigenvalue weighted by molar-refractivity contribution is 5.68. The van der Waals surface area contributed by atoms with Crippen molar-refractivity contribution in [1.82, 2.24) is 9.97 Å². The molecule has 0 aromatic carbocycles. The van der Waals surface area contributed by atoms with Crippen LogP contribution in [0.15, 0.2) is 6.33 Å². The molecule has 0 bridgehead atoms. The summed E-state index contributed by atoms with van der Waals surface area (Å²) in [6, 6.07) is 0. The summed E-state index contributed by atoms with van der Waals surface area (Å²) in [6.45, 7) is 3.83. The summed E-state index contributed by atoms with van der Waals surface area (Å²) >= 11 is 0. The van der Waals surface area contributed by atoms with Crippen LogP contribution in [-0.2, 0) is 4.74 Å². The Morgan fingerprint density at radius 1 is 1.63 bits per heavy atom. The highest BCUT2D eigenvalue weighted by atomic mass is 16.6. The normalized spacial score (nSPS) is 18.5. The van der Waals surface area contributed by atoms with Gasteiger partial charge in [0, 0.05) is 19.7 Å². The van der Waals surface area contributed by atoms with Crippen molar-refractivity contribution < 1.29 is 9.66 Å². The van der Waals surface area contributed by atoms with Gasteiger partial charge in [0.15, 0.2) is 0 Å². The van der Waals surface area contributed by atoms with Crippen LogP contribution in [0.3, 0.4) is 0 Å². The molecule has 1 aliphatic heterocycles. The molecule has 0 spiro atoms. The Hall–Kier alpha value is -1.96. The zero-order chi connectivity index (χ0) is 13.8. The van der Waals surface area contributed by atoms with Gasteiger partial charge >= 0.3 is 5.69 Å². The second kappa shape index (κ2) is 5.79. The van der Waals surface area contributed by atoms with Crippen LogP contribution in [0.4, 0.5) is 17.3 Å². The third kappa shape index (κ3) is 2.90. The molecule has 0 radical (unpaired) electrons. The van der Waals surface area contributed by atoms with Crippen molar-refractivity contribution in [2.24, 2.45) is 0 Å². The molecule has 2 N–H and O–H groups in total. The lowest BCUT2D eigenvalue weighted by molar-refractivity contribution is -0.383. The van der Waals surface area contributed by atoms with Crippen LogP contribution in [0.25, 0.3) is 0 Å². The van der Waals surface area contributed by atoms with Crippen molar-refractivity contribution >= 4 is 17.3 Å². The molecule has 1 aromatic rings. The lowest BCUT2D eigenvalue weighted by Crippen LogP contribution is -2.33. The van der Waals surface area contributed by atoms with Crippen LogP contribution in [-0.4, -0.2) is 40.7 Å². The fourth-order valence-electron chi connectivity index (χ4n) is 2.19. The third-order valence-corrected chi connectivity index (χ3v) is 3.14. The number of nitro groups is 1. The fraction of sp³-hybridized carbons (Fsp3) is 0.636. The Balaban J connectivity index is 2.26. The molecule has 2 rings (SSSR count). The molecule has 1 aliphatic rings. The van der Waals surface area contributed by atoms with Crippen molar-refractivity contribution in [2.45, 2.75) is 25.9 Å². The van der Waals surface area contributed by atoms with E-state index in [9.17, 15) is 10.1 Å². The summed E-state index contributed by atoms with van der Waals surface area (Å²) < 4.78 is 5.55. The number of hydrogen-bond acceptors (Lipinski definition) is 7. The van der Waals surface area contributed by atoms with Crippen LogP contribution in [0, 0.1) is 10.1 Å². The Kier molecular flexibility index (Phi) is 4.10. The number of hydrogen-bond donors (Lipinski definition) is 1. The summed E-state index contributed by atoms with van der Waals surface area (Å²) in [5.41, 5.74) is 5.34. The van der Waals surface area contributed by atoms with Crippen molar-refractivity contribution in [3.05, 3.63) is 16.4 Å². The first-order valence-corrected chi connectivity index (χ1v) is 6.25. The number of likely N-dealkylation sites (N-methyl/N-ethyl adjacent to an activating group) is 1. The number of nitrogen functional groups attached to an aromatic ring is 1. The fourth-order valence-corrected chi connectivity index (χ4v) is 2.19. The Morgan fingerprint density at radius 2 is 2.42 bits per heavy atom. The summed E-state index contributed by atoms with van der Waals surface area (Å²) in [7, 11) is 0. The molecule has 1 saturated heterocycles. The van der Waals surface area contributed by atoms with E-state index >= 15 is 0 Å². The predicted molar refractivity (Wildman–Crippen MR) is 70.0 cm³/mol. The Labute approximate surface area is 110 Å². The summed E-state index contributed by atoms with van der Waals surface area (Å²) in [5.74, 6) is 0.149. The van der Waals surface area contributed by atoms with Crippen LogP contribution >= 0.6 is 0 Å². The standard InChI is InChI=1S/C11H17N5O3/c1-2-15(6-8-4-3-5-19-8)11-9(16(17)18)10(12)13-7-14-11/h7-8H,2-6H2,1H3,(H2,12,13,14). The molecule has 104 valence electrons.